The first-order valence-electron chi connectivity index (χ1n) is 12.1. The van der Waals surface area contributed by atoms with Crippen molar-refractivity contribution in [1.82, 2.24) is 0 Å². The van der Waals surface area contributed by atoms with Crippen LogP contribution in [0.5, 0.6) is 0 Å². The minimum Gasteiger partial charge on any atom is -0.192 e. The van der Waals surface area contributed by atoms with Gasteiger partial charge in [0.2, 0.25) is 0 Å². The highest BCUT2D eigenvalue weighted by molar-refractivity contribution is 6.05. The van der Waals surface area contributed by atoms with Gasteiger partial charge in [0.15, 0.2) is 0 Å². The zero-order valence-corrected chi connectivity index (χ0v) is 20.1. The minimum atomic E-state index is 0.162. The predicted molar refractivity (Wildman–Crippen MR) is 147 cm³/mol. The van der Waals surface area contributed by atoms with Crippen molar-refractivity contribution >= 4 is 0 Å². The molecule has 0 amide bonds. The van der Waals surface area contributed by atoms with E-state index in [0.717, 1.165) is 50.1 Å². The van der Waals surface area contributed by atoms with E-state index in [0.29, 0.717) is 0 Å². The molecule has 0 aliphatic carbocycles. The first-order chi connectivity index (χ1) is 17.2. The van der Waals surface area contributed by atoms with Crippen LogP contribution >= 0.6 is 0 Å². The van der Waals surface area contributed by atoms with Crippen molar-refractivity contribution in [2.75, 3.05) is 0 Å². The smallest absolute Gasteiger partial charge is 0.100 e. The van der Waals surface area contributed by atoms with E-state index < -0.39 is 0 Å². The average molecular weight is 450 g/mol. The summed E-state index contributed by atoms with van der Waals surface area (Å²) in [7, 11) is 0. The molecule has 0 aromatic heterocycles. The molecule has 0 N–H and O–H groups in total. The molecule has 1 heteroatoms. The van der Waals surface area contributed by atoms with Gasteiger partial charge in [0.25, 0.3) is 0 Å². The van der Waals surface area contributed by atoms with Crippen LogP contribution in [0.1, 0.15) is 30.9 Å². The van der Waals surface area contributed by atoms with Crippen LogP contribution in [0, 0.1) is 11.3 Å². The summed E-state index contributed by atoms with van der Waals surface area (Å²) in [6.07, 6.45) is 0. The molecule has 168 valence electrons. The molecule has 5 aromatic rings. The Morgan fingerprint density at radius 3 is 1.11 bits per heavy atom. The third-order valence-corrected chi connectivity index (χ3v) is 6.48. The molecular formula is C34H27N. The number of hydrogen-bond acceptors (Lipinski definition) is 1. The van der Waals surface area contributed by atoms with Gasteiger partial charge in [-0.25, -0.2) is 0 Å². The first-order valence-corrected chi connectivity index (χ1v) is 12.1. The molecule has 0 unspecified atom stereocenters. The van der Waals surface area contributed by atoms with Crippen LogP contribution in [0.2, 0.25) is 0 Å². The van der Waals surface area contributed by atoms with E-state index in [1.54, 1.807) is 0 Å². The molecule has 35 heavy (non-hydrogen) atoms. The summed E-state index contributed by atoms with van der Waals surface area (Å²) in [6.45, 7) is 4.38. The fraction of sp³-hybridized carbons (Fsp3) is 0.0882. The highest BCUT2D eigenvalue weighted by Crippen LogP contribution is 2.51. The second-order valence-electron chi connectivity index (χ2n) is 9.02. The van der Waals surface area contributed by atoms with Gasteiger partial charge in [-0.15, -0.1) is 0 Å². The molecule has 0 atom stereocenters. The summed E-state index contributed by atoms with van der Waals surface area (Å²) in [5.74, 6) is 0.162. The van der Waals surface area contributed by atoms with Crippen molar-refractivity contribution in [3.05, 3.63) is 132 Å². The minimum absolute atomic E-state index is 0.162. The van der Waals surface area contributed by atoms with Crippen LogP contribution in [-0.4, -0.2) is 0 Å². The lowest BCUT2D eigenvalue weighted by Crippen LogP contribution is -2.05. The van der Waals surface area contributed by atoms with Gasteiger partial charge in [0, 0.05) is 5.56 Å². The first kappa shape index (κ1) is 22.4. The third kappa shape index (κ3) is 4.16. The Bertz CT molecular complexity index is 1480. The van der Waals surface area contributed by atoms with Gasteiger partial charge < -0.3 is 0 Å². The summed E-state index contributed by atoms with van der Waals surface area (Å²) in [4.78, 5) is 0. The van der Waals surface area contributed by atoms with Crippen molar-refractivity contribution in [2.24, 2.45) is 0 Å². The lowest BCUT2D eigenvalue weighted by Gasteiger charge is -2.27. The van der Waals surface area contributed by atoms with E-state index in [-0.39, 0.29) is 5.92 Å². The summed E-state index contributed by atoms with van der Waals surface area (Å²) in [5.41, 5.74) is 10.7. The van der Waals surface area contributed by atoms with Crippen molar-refractivity contribution in [1.29, 1.82) is 5.26 Å². The molecule has 0 saturated carbocycles. The topological polar surface area (TPSA) is 23.8 Å². The van der Waals surface area contributed by atoms with Crippen LogP contribution in [-0.2, 0) is 0 Å². The maximum Gasteiger partial charge on any atom is 0.100 e. The molecule has 0 aliphatic rings. The largest absolute Gasteiger partial charge is 0.192 e. The molecule has 5 aromatic carbocycles. The summed E-state index contributed by atoms with van der Waals surface area (Å²) < 4.78 is 0. The fourth-order valence-corrected chi connectivity index (χ4v) is 5.05. The van der Waals surface area contributed by atoms with E-state index in [1.165, 1.54) is 5.56 Å². The molecule has 5 rings (SSSR count). The van der Waals surface area contributed by atoms with Crippen molar-refractivity contribution < 1.29 is 0 Å². The summed E-state index contributed by atoms with van der Waals surface area (Å²) >= 11 is 0. The van der Waals surface area contributed by atoms with Crippen LogP contribution in [0.15, 0.2) is 121 Å². The Hall–Kier alpha value is -4.41. The maximum absolute atomic E-state index is 10.7. The zero-order valence-electron chi connectivity index (χ0n) is 20.1. The van der Waals surface area contributed by atoms with E-state index in [9.17, 15) is 5.26 Å². The van der Waals surface area contributed by atoms with Crippen LogP contribution in [0.3, 0.4) is 0 Å². The van der Waals surface area contributed by atoms with Gasteiger partial charge in [-0.2, -0.15) is 5.26 Å². The van der Waals surface area contributed by atoms with Crippen molar-refractivity contribution in [3.63, 3.8) is 0 Å². The predicted octanol–water partition coefficient (Wildman–Crippen LogP) is 9.35. The number of benzene rings is 5. The van der Waals surface area contributed by atoms with Crippen LogP contribution in [0.25, 0.3) is 44.5 Å². The quantitative estimate of drug-likeness (QED) is 0.262. The van der Waals surface area contributed by atoms with E-state index in [2.05, 4.69) is 111 Å². The fourth-order valence-electron chi connectivity index (χ4n) is 5.05. The Labute approximate surface area is 208 Å². The van der Waals surface area contributed by atoms with E-state index in [1.807, 2.05) is 30.3 Å². The van der Waals surface area contributed by atoms with Crippen LogP contribution in [0.4, 0.5) is 0 Å². The van der Waals surface area contributed by atoms with Gasteiger partial charge in [-0.3, -0.25) is 0 Å². The second-order valence-corrected chi connectivity index (χ2v) is 9.02. The summed E-state index contributed by atoms with van der Waals surface area (Å²) in [6, 6.07) is 44.6. The molecule has 0 saturated heterocycles. The second kappa shape index (κ2) is 9.84. The third-order valence-electron chi connectivity index (χ3n) is 6.48. The van der Waals surface area contributed by atoms with E-state index >= 15 is 0 Å². The highest BCUT2D eigenvalue weighted by atomic mass is 14.3. The number of rotatable bonds is 5. The monoisotopic (exact) mass is 449 g/mol. The van der Waals surface area contributed by atoms with Gasteiger partial charge in [-0.05, 0) is 50.4 Å². The Balaban J connectivity index is 2.09. The lowest BCUT2D eigenvalue weighted by molar-refractivity contribution is 0.866. The Morgan fingerprint density at radius 1 is 0.457 bits per heavy atom. The molecule has 0 spiro atoms. The molecule has 1 nitrogen and oxygen atoms in total. The average Bonchev–Trinajstić information content (AvgIpc) is 2.93. The molecule has 0 radical (unpaired) electrons. The normalized spacial score (nSPS) is 10.8. The Kier molecular flexibility index (Phi) is 6.29. The maximum atomic E-state index is 10.7. The molecule has 0 heterocycles. The van der Waals surface area contributed by atoms with Gasteiger partial charge in [0.1, 0.15) is 6.07 Å². The molecule has 0 fully saturated rings. The number of nitriles is 1. The number of nitrogens with zero attached hydrogens (tertiary/aromatic N) is 1. The Morgan fingerprint density at radius 2 is 0.771 bits per heavy atom. The van der Waals surface area contributed by atoms with Crippen molar-refractivity contribution in [3.8, 4) is 50.6 Å². The zero-order chi connectivity index (χ0) is 24.2. The van der Waals surface area contributed by atoms with Gasteiger partial charge in [-0.1, -0.05) is 135 Å². The number of hydrogen-bond donors (Lipinski definition) is 0. The lowest BCUT2D eigenvalue weighted by atomic mass is 9.75. The molecule has 0 bridgehead atoms. The van der Waals surface area contributed by atoms with Crippen LogP contribution < -0.4 is 0 Å². The molecule has 0 aliphatic heterocycles. The van der Waals surface area contributed by atoms with Crippen molar-refractivity contribution in [2.45, 2.75) is 19.8 Å². The molecular weight excluding hydrogens is 422 g/mol. The van der Waals surface area contributed by atoms with Gasteiger partial charge >= 0.3 is 0 Å². The summed E-state index contributed by atoms with van der Waals surface area (Å²) in [5, 5.41) is 10.7. The van der Waals surface area contributed by atoms with Gasteiger partial charge in [0.05, 0.1) is 5.56 Å². The SMILES string of the molecule is CC(C)c1c(C#N)c(-c2ccccc2)c(-c2ccccc2)c(-c2ccccc2)c1-c1ccccc1. The standard InChI is InChI=1S/C34H27N/c1-24(2)30-29(23-35)31(25-15-7-3-8-16-25)33(27-19-11-5-12-20-27)34(28-21-13-6-14-22-28)32(30)26-17-9-4-10-18-26/h3-22,24H,1-2H3. The van der Waals surface area contributed by atoms with E-state index in [4.69, 9.17) is 0 Å². The highest BCUT2D eigenvalue weighted by Gasteiger charge is 2.28.